The molecule has 0 aromatic heterocycles. The molecule has 0 fully saturated rings. The Hall–Kier alpha value is -1.66. The Morgan fingerprint density at radius 1 is 1.53 bits per heavy atom. The normalized spacial score (nSPS) is 9.60. The second-order valence-electron chi connectivity index (χ2n) is 3.02. The first-order valence-corrected chi connectivity index (χ1v) is 4.65. The topological polar surface area (TPSA) is 33.0 Å². The molecule has 0 aliphatic heterocycles. The maximum Gasteiger partial charge on any atom is 0.146 e. The molecule has 0 heterocycles. The van der Waals surface area contributed by atoms with Crippen LogP contribution in [0.5, 0.6) is 0 Å². The van der Waals surface area contributed by atoms with E-state index in [1.165, 1.54) is 6.07 Å². The Morgan fingerprint density at radius 2 is 2.33 bits per heavy atom. The van der Waals surface area contributed by atoms with E-state index in [9.17, 15) is 4.39 Å². The van der Waals surface area contributed by atoms with Crippen molar-refractivity contribution in [3.63, 3.8) is 0 Å². The predicted octanol–water partition coefficient (Wildman–Crippen LogP) is 2.79. The van der Waals surface area contributed by atoms with Gasteiger partial charge in [0.2, 0.25) is 0 Å². The van der Waals surface area contributed by atoms with Gasteiger partial charge in [-0.25, -0.2) is 4.39 Å². The molecule has 1 aromatic carbocycles. The highest BCUT2D eigenvalue weighted by molar-refractivity contribution is 5.34. The summed E-state index contributed by atoms with van der Waals surface area (Å²) in [5.74, 6) is -0.487. The molecule has 0 spiro atoms. The van der Waals surface area contributed by atoms with Crippen LogP contribution in [0.4, 0.5) is 4.39 Å². The van der Waals surface area contributed by atoms with Gasteiger partial charge in [0.05, 0.1) is 18.8 Å². The molecule has 0 saturated heterocycles. The van der Waals surface area contributed by atoms with Crippen molar-refractivity contribution in [3.8, 4) is 6.07 Å². The van der Waals surface area contributed by atoms with Crippen LogP contribution < -0.4 is 0 Å². The number of rotatable bonds is 5. The third-order valence-electron chi connectivity index (χ3n) is 1.92. The summed E-state index contributed by atoms with van der Waals surface area (Å²) in [6.07, 6.45) is 2.47. The summed E-state index contributed by atoms with van der Waals surface area (Å²) in [5, 5.41) is 8.61. The third-order valence-corrected chi connectivity index (χ3v) is 1.92. The minimum atomic E-state index is -0.487. The van der Waals surface area contributed by atoms with Gasteiger partial charge in [-0.2, -0.15) is 5.26 Å². The van der Waals surface area contributed by atoms with Gasteiger partial charge in [0.15, 0.2) is 0 Å². The zero-order valence-electron chi connectivity index (χ0n) is 8.37. The molecular weight excluding hydrogens is 193 g/mol. The fraction of sp³-hybridized carbons (Fsp3) is 0.250. The predicted molar refractivity (Wildman–Crippen MR) is 55.6 cm³/mol. The Kier molecular flexibility index (Phi) is 4.52. The van der Waals surface area contributed by atoms with Gasteiger partial charge in [-0.15, -0.1) is 6.58 Å². The van der Waals surface area contributed by atoms with Crippen LogP contribution in [-0.4, -0.2) is 6.61 Å². The minimum Gasteiger partial charge on any atom is -0.376 e. The van der Waals surface area contributed by atoms with Gasteiger partial charge < -0.3 is 4.74 Å². The van der Waals surface area contributed by atoms with Gasteiger partial charge in [0.25, 0.3) is 0 Å². The molecule has 2 nitrogen and oxygen atoms in total. The average molecular weight is 205 g/mol. The molecule has 15 heavy (non-hydrogen) atoms. The fourth-order valence-electron chi connectivity index (χ4n) is 1.13. The fourth-order valence-corrected chi connectivity index (χ4v) is 1.13. The highest BCUT2D eigenvalue weighted by Gasteiger charge is 2.06. The molecular formula is C12H12FNO. The summed E-state index contributed by atoms with van der Waals surface area (Å²) in [4.78, 5) is 0. The van der Waals surface area contributed by atoms with Gasteiger partial charge in [-0.1, -0.05) is 18.2 Å². The van der Waals surface area contributed by atoms with Crippen molar-refractivity contribution >= 4 is 0 Å². The first-order valence-electron chi connectivity index (χ1n) is 4.65. The smallest absolute Gasteiger partial charge is 0.146 e. The first kappa shape index (κ1) is 11.4. The highest BCUT2D eigenvalue weighted by Crippen LogP contribution is 2.13. The van der Waals surface area contributed by atoms with Crippen molar-refractivity contribution in [2.75, 3.05) is 6.61 Å². The molecule has 0 saturated carbocycles. The highest BCUT2D eigenvalue weighted by atomic mass is 19.1. The second kappa shape index (κ2) is 5.94. The number of nitriles is 1. The van der Waals surface area contributed by atoms with Crippen molar-refractivity contribution in [2.24, 2.45) is 0 Å². The van der Waals surface area contributed by atoms with E-state index in [0.717, 1.165) is 6.42 Å². The number of hydrogen-bond acceptors (Lipinski definition) is 2. The molecule has 0 radical (unpaired) electrons. The Bertz CT molecular complexity index is 382. The Morgan fingerprint density at radius 3 is 3.00 bits per heavy atom. The lowest BCUT2D eigenvalue weighted by Gasteiger charge is -2.04. The molecule has 0 aliphatic carbocycles. The monoisotopic (exact) mass is 205 g/mol. The van der Waals surface area contributed by atoms with E-state index in [0.29, 0.717) is 12.2 Å². The zero-order valence-corrected chi connectivity index (χ0v) is 8.37. The molecule has 0 unspecified atom stereocenters. The molecule has 3 heteroatoms. The number of ether oxygens (including phenoxy) is 1. The number of benzene rings is 1. The van der Waals surface area contributed by atoms with Crippen LogP contribution in [0.3, 0.4) is 0 Å². The summed E-state index contributed by atoms with van der Waals surface area (Å²) in [5.41, 5.74) is 0.470. The van der Waals surface area contributed by atoms with E-state index in [1.54, 1.807) is 24.3 Å². The van der Waals surface area contributed by atoms with Crippen LogP contribution in [0.25, 0.3) is 0 Å². The minimum absolute atomic E-state index is 0.0554. The van der Waals surface area contributed by atoms with Crippen LogP contribution in [-0.2, 0) is 11.3 Å². The maximum absolute atomic E-state index is 13.5. The van der Waals surface area contributed by atoms with Crippen molar-refractivity contribution in [1.82, 2.24) is 0 Å². The van der Waals surface area contributed by atoms with Gasteiger partial charge in [0, 0.05) is 5.56 Å². The standard InChI is InChI=1S/C12H12FNO/c1-2-3-7-15-9-11-6-4-5-10(8-14)12(11)13/h2,4-6H,1,3,7,9H2. The Balaban J connectivity index is 2.62. The van der Waals surface area contributed by atoms with Gasteiger partial charge >= 0.3 is 0 Å². The zero-order chi connectivity index (χ0) is 11.1. The van der Waals surface area contributed by atoms with Gasteiger partial charge in [-0.05, 0) is 12.5 Å². The molecule has 1 aromatic rings. The summed E-state index contributed by atoms with van der Waals surface area (Å²) < 4.78 is 18.7. The van der Waals surface area contributed by atoms with Crippen LogP contribution in [0.2, 0.25) is 0 Å². The molecule has 0 atom stereocenters. The van der Waals surface area contributed by atoms with E-state index < -0.39 is 5.82 Å². The van der Waals surface area contributed by atoms with Crippen LogP contribution in [0.1, 0.15) is 17.5 Å². The van der Waals surface area contributed by atoms with Crippen molar-refractivity contribution in [2.45, 2.75) is 13.0 Å². The molecule has 0 amide bonds. The Labute approximate surface area is 88.6 Å². The average Bonchev–Trinajstić information content (AvgIpc) is 2.26. The largest absolute Gasteiger partial charge is 0.376 e. The maximum atomic E-state index is 13.5. The lowest BCUT2D eigenvalue weighted by molar-refractivity contribution is 0.123. The molecule has 0 N–H and O–H groups in total. The van der Waals surface area contributed by atoms with E-state index in [-0.39, 0.29) is 12.2 Å². The first-order chi connectivity index (χ1) is 7.29. The van der Waals surface area contributed by atoms with Crippen LogP contribution >= 0.6 is 0 Å². The quantitative estimate of drug-likeness (QED) is 0.547. The SMILES string of the molecule is C=CCCOCc1cccc(C#N)c1F. The van der Waals surface area contributed by atoms with E-state index in [4.69, 9.17) is 10.00 Å². The number of halogens is 1. The van der Waals surface area contributed by atoms with Gasteiger partial charge in [-0.3, -0.25) is 0 Å². The number of nitrogens with zero attached hydrogens (tertiary/aromatic N) is 1. The lowest BCUT2D eigenvalue weighted by Crippen LogP contribution is -1.98. The van der Waals surface area contributed by atoms with Crippen molar-refractivity contribution in [1.29, 1.82) is 5.26 Å². The molecule has 0 aliphatic rings. The molecule has 78 valence electrons. The summed E-state index contributed by atoms with van der Waals surface area (Å²) >= 11 is 0. The molecule has 0 bridgehead atoms. The van der Waals surface area contributed by atoms with Crippen molar-refractivity contribution < 1.29 is 9.13 Å². The van der Waals surface area contributed by atoms with Gasteiger partial charge in [0.1, 0.15) is 11.9 Å². The third kappa shape index (κ3) is 3.19. The molecule has 1 rings (SSSR count). The number of hydrogen-bond donors (Lipinski definition) is 0. The van der Waals surface area contributed by atoms with Crippen molar-refractivity contribution in [3.05, 3.63) is 47.8 Å². The second-order valence-corrected chi connectivity index (χ2v) is 3.02. The summed E-state index contributed by atoms with van der Waals surface area (Å²) in [6, 6.07) is 6.50. The van der Waals surface area contributed by atoms with Crippen LogP contribution in [0.15, 0.2) is 30.9 Å². The summed E-state index contributed by atoms with van der Waals surface area (Å²) in [6.45, 7) is 4.26. The van der Waals surface area contributed by atoms with E-state index >= 15 is 0 Å². The lowest BCUT2D eigenvalue weighted by atomic mass is 10.1. The van der Waals surface area contributed by atoms with Crippen LogP contribution in [0, 0.1) is 17.1 Å². The summed E-state index contributed by atoms with van der Waals surface area (Å²) in [7, 11) is 0. The van der Waals surface area contributed by atoms with E-state index in [1.807, 2.05) is 0 Å². The van der Waals surface area contributed by atoms with E-state index in [2.05, 4.69) is 6.58 Å².